The monoisotopic (exact) mass is 294 g/mol. The fourth-order valence-corrected chi connectivity index (χ4v) is 2.33. The van der Waals surface area contributed by atoms with Gasteiger partial charge in [-0.2, -0.15) is 0 Å². The Morgan fingerprint density at radius 2 is 1.55 bits per heavy atom. The minimum atomic E-state index is -0.391. The van der Waals surface area contributed by atoms with Gasteiger partial charge in [-0.25, -0.2) is 0 Å². The maximum absolute atomic E-state index is 12.5. The summed E-state index contributed by atoms with van der Waals surface area (Å²) in [5.41, 5.74) is 1.89. The summed E-state index contributed by atoms with van der Waals surface area (Å²) in [6.45, 7) is 2.14. The van der Waals surface area contributed by atoms with Crippen molar-refractivity contribution >= 4 is 5.97 Å². The van der Waals surface area contributed by atoms with E-state index in [4.69, 9.17) is 4.74 Å². The lowest BCUT2D eigenvalue weighted by Crippen LogP contribution is -2.15. The minimum Gasteiger partial charge on any atom is -0.434 e. The molecule has 2 aromatic carbocycles. The second-order valence-electron chi connectivity index (χ2n) is 5.21. The lowest BCUT2D eigenvalue weighted by atomic mass is 9.91. The normalized spacial score (nSPS) is 11.0. The second kappa shape index (κ2) is 8.83. The van der Waals surface area contributed by atoms with Crippen LogP contribution < -0.4 is 0 Å². The molecule has 2 heteroatoms. The number of rotatable bonds is 7. The van der Waals surface area contributed by atoms with Gasteiger partial charge in [-0.3, -0.25) is 4.79 Å². The third-order valence-electron chi connectivity index (χ3n) is 3.51. The van der Waals surface area contributed by atoms with E-state index < -0.39 is 5.92 Å². The van der Waals surface area contributed by atoms with Crippen LogP contribution in [-0.2, 0) is 9.53 Å². The number of esters is 1. The number of hydrogen-bond acceptors (Lipinski definition) is 2. The van der Waals surface area contributed by atoms with Crippen molar-refractivity contribution in [1.29, 1.82) is 0 Å². The highest BCUT2D eigenvalue weighted by atomic mass is 16.5. The summed E-state index contributed by atoms with van der Waals surface area (Å²) < 4.78 is 5.34. The third kappa shape index (κ3) is 4.59. The molecule has 0 unspecified atom stereocenters. The average Bonchev–Trinajstić information content (AvgIpc) is 2.57. The average molecular weight is 294 g/mol. The minimum absolute atomic E-state index is 0.245. The molecule has 0 radical (unpaired) electrons. The Kier molecular flexibility index (Phi) is 6.43. The smallest absolute Gasteiger partial charge is 0.322 e. The van der Waals surface area contributed by atoms with Crippen LogP contribution in [0.15, 0.2) is 73.0 Å². The zero-order valence-electron chi connectivity index (χ0n) is 12.9. The van der Waals surface area contributed by atoms with Crippen molar-refractivity contribution in [2.24, 2.45) is 0 Å². The number of ether oxygens (including phenoxy) is 1. The molecule has 114 valence electrons. The van der Waals surface area contributed by atoms with Crippen LogP contribution in [-0.4, -0.2) is 5.97 Å². The Morgan fingerprint density at radius 3 is 2.05 bits per heavy atom. The summed E-state index contributed by atoms with van der Waals surface area (Å²) in [4.78, 5) is 12.5. The van der Waals surface area contributed by atoms with Gasteiger partial charge in [-0.1, -0.05) is 74.0 Å². The molecule has 0 saturated carbocycles. The van der Waals surface area contributed by atoms with Gasteiger partial charge in [0.1, 0.15) is 5.92 Å². The van der Waals surface area contributed by atoms with E-state index in [0.29, 0.717) is 0 Å². The first-order valence-electron chi connectivity index (χ1n) is 7.78. The molecule has 0 fully saturated rings. The number of carbonyl (C=O) groups is 1. The largest absolute Gasteiger partial charge is 0.434 e. The standard InChI is InChI=1S/C20H22O2/c1-2-3-4-11-16-22-20(21)19(17-12-7-5-8-13-17)18-14-9-6-10-15-18/h5-16,19H,2-4H2,1H3/b16-11-. The quantitative estimate of drug-likeness (QED) is 0.405. The predicted molar refractivity (Wildman–Crippen MR) is 89.5 cm³/mol. The molecule has 2 rings (SSSR count). The maximum atomic E-state index is 12.5. The van der Waals surface area contributed by atoms with Crippen LogP contribution >= 0.6 is 0 Å². The van der Waals surface area contributed by atoms with Gasteiger partial charge >= 0.3 is 5.97 Å². The molecule has 0 aliphatic heterocycles. The SMILES string of the molecule is CCCC/C=C\OC(=O)C(c1ccccc1)c1ccccc1. The lowest BCUT2D eigenvalue weighted by molar-refractivity contribution is -0.138. The highest BCUT2D eigenvalue weighted by Crippen LogP contribution is 2.26. The van der Waals surface area contributed by atoms with E-state index in [9.17, 15) is 4.79 Å². The number of unbranched alkanes of at least 4 members (excludes halogenated alkanes) is 2. The Hall–Kier alpha value is -2.35. The van der Waals surface area contributed by atoms with E-state index in [1.165, 1.54) is 6.26 Å². The molecule has 0 spiro atoms. The molecule has 22 heavy (non-hydrogen) atoms. The summed E-state index contributed by atoms with van der Waals surface area (Å²) in [5.74, 6) is -0.636. The summed E-state index contributed by atoms with van der Waals surface area (Å²) in [7, 11) is 0. The Bertz CT molecular complexity index is 548. The highest BCUT2D eigenvalue weighted by Gasteiger charge is 2.23. The molecule has 0 heterocycles. The van der Waals surface area contributed by atoms with Gasteiger partial charge in [0.25, 0.3) is 0 Å². The zero-order chi connectivity index (χ0) is 15.6. The third-order valence-corrected chi connectivity index (χ3v) is 3.51. The van der Waals surface area contributed by atoms with Crippen LogP contribution in [0, 0.1) is 0 Å². The molecule has 0 bridgehead atoms. The predicted octanol–water partition coefficient (Wildman–Crippen LogP) is 5.07. The summed E-state index contributed by atoms with van der Waals surface area (Å²) in [5, 5.41) is 0. The molecule has 0 atom stereocenters. The van der Waals surface area contributed by atoms with E-state index >= 15 is 0 Å². The summed E-state index contributed by atoms with van der Waals surface area (Å²) in [6.07, 6.45) is 6.61. The van der Waals surface area contributed by atoms with E-state index in [1.807, 2.05) is 66.7 Å². The van der Waals surface area contributed by atoms with Crippen LogP contribution in [0.1, 0.15) is 43.2 Å². The first-order valence-corrected chi connectivity index (χ1v) is 7.78. The Labute approximate surface area is 132 Å². The van der Waals surface area contributed by atoms with Crippen LogP contribution in [0.4, 0.5) is 0 Å². The van der Waals surface area contributed by atoms with Crippen molar-refractivity contribution in [1.82, 2.24) is 0 Å². The van der Waals surface area contributed by atoms with Gasteiger partial charge in [0, 0.05) is 0 Å². The molecule has 0 aliphatic carbocycles. The Morgan fingerprint density at radius 1 is 1.00 bits per heavy atom. The van der Waals surface area contributed by atoms with Gasteiger partial charge in [0.15, 0.2) is 0 Å². The molecular weight excluding hydrogens is 272 g/mol. The van der Waals surface area contributed by atoms with Gasteiger partial charge in [0.05, 0.1) is 6.26 Å². The molecule has 0 N–H and O–H groups in total. The number of carbonyl (C=O) groups excluding carboxylic acids is 1. The fourth-order valence-electron chi connectivity index (χ4n) is 2.33. The molecule has 2 nitrogen and oxygen atoms in total. The molecular formula is C20H22O2. The molecule has 0 amide bonds. The highest BCUT2D eigenvalue weighted by molar-refractivity contribution is 5.82. The van der Waals surface area contributed by atoms with E-state index in [1.54, 1.807) is 0 Å². The zero-order valence-corrected chi connectivity index (χ0v) is 12.9. The summed E-state index contributed by atoms with van der Waals surface area (Å²) in [6, 6.07) is 19.5. The van der Waals surface area contributed by atoms with Crippen molar-refractivity contribution in [3.63, 3.8) is 0 Å². The van der Waals surface area contributed by atoms with E-state index in [2.05, 4.69) is 6.92 Å². The summed E-state index contributed by atoms with van der Waals surface area (Å²) >= 11 is 0. The number of hydrogen-bond donors (Lipinski definition) is 0. The van der Waals surface area contributed by atoms with Gasteiger partial charge in [-0.15, -0.1) is 0 Å². The maximum Gasteiger partial charge on any atom is 0.322 e. The van der Waals surface area contributed by atoms with Crippen molar-refractivity contribution in [3.05, 3.63) is 84.1 Å². The lowest BCUT2D eigenvalue weighted by Gasteiger charge is -2.15. The van der Waals surface area contributed by atoms with E-state index in [-0.39, 0.29) is 5.97 Å². The van der Waals surface area contributed by atoms with E-state index in [0.717, 1.165) is 30.4 Å². The van der Waals surface area contributed by atoms with Crippen molar-refractivity contribution in [2.45, 2.75) is 32.1 Å². The molecule has 0 aromatic heterocycles. The van der Waals surface area contributed by atoms with Gasteiger partial charge in [-0.05, 0) is 30.0 Å². The first kappa shape index (κ1) is 16.0. The van der Waals surface area contributed by atoms with Crippen LogP contribution in [0.3, 0.4) is 0 Å². The first-order chi connectivity index (χ1) is 10.8. The van der Waals surface area contributed by atoms with Crippen LogP contribution in [0.5, 0.6) is 0 Å². The van der Waals surface area contributed by atoms with Crippen molar-refractivity contribution in [3.8, 4) is 0 Å². The van der Waals surface area contributed by atoms with Crippen molar-refractivity contribution < 1.29 is 9.53 Å². The van der Waals surface area contributed by atoms with Gasteiger partial charge in [0.2, 0.25) is 0 Å². The topological polar surface area (TPSA) is 26.3 Å². The number of allylic oxidation sites excluding steroid dienone is 1. The van der Waals surface area contributed by atoms with Gasteiger partial charge < -0.3 is 4.74 Å². The fraction of sp³-hybridized carbons (Fsp3) is 0.250. The van der Waals surface area contributed by atoms with Crippen LogP contribution in [0.2, 0.25) is 0 Å². The van der Waals surface area contributed by atoms with Crippen molar-refractivity contribution in [2.75, 3.05) is 0 Å². The number of benzene rings is 2. The second-order valence-corrected chi connectivity index (χ2v) is 5.21. The molecule has 2 aromatic rings. The van der Waals surface area contributed by atoms with Crippen LogP contribution in [0.25, 0.3) is 0 Å². The Balaban J connectivity index is 2.15. The molecule has 0 aliphatic rings. The molecule has 0 saturated heterocycles.